The molecule has 1 atom stereocenters. The normalized spacial score (nSPS) is 15.1. The summed E-state index contributed by atoms with van der Waals surface area (Å²) in [5.41, 5.74) is 3.19. The van der Waals surface area contributed by atoms with Crippen molar-refractivity contribution in [2.45, 2.75) is 12.5 Å². The van der Waals surface area contributed by atoms with Crippen molar-refractivity contribution < 1.29 is 24.1 Å². The molecule has 0 radical (unpaired) electrons. The fraction of sp³-hybridized carbons (Fsp3) is 0.207. The van der Waals surface area contributed by atoms with Crippen LogP contribution in [0.15, 0.2) is 77.9 Å². The summed E-state index contributed by atoms with van der Waals surface area (Å²) in [6.07, 6.45) is 0.554. The van der Waals surface area contributed by atoms with E-state index in [1.807, 2.05) is 35.3 Å². The van der Waals surface area contributed by atoms with E-state index in [9.17, 15) is 5.11 Å². The molecule has 0 bridgehead atoms. The Morgan fingerprint density at radius 2 is 1.44 bits per heavy atom. The number of ether oxygens (including phenoxy) is 4. The molecule has 0 saturated carbocycles. The minimum atomic E-state index is -0.154. The molecule has 4 aromatic rings. The van der Waals surface area contributed by atoms with Gasteiger partial charge in [-0.1, -0.05) is 48.5 Å². The Morgan fingerprint density at radius 3 is 2.14 bits per heavy atom. The maximum Gasteiger partial charge on any atom is 0.203 e. The Kier molecular flexibility index (Phi) is 6.29. The van der Waals surface area contributed by atoms with Crippen LogP contribution in [0.2, 0.25) is 0 Å². The molecule has 1 unspecified atom stereocenters. The van der Waals surface area contributed by atoms with Gasteiger partial charge in [0.2, 0.25) is 5.75 Å². The first-order valence-electron chi connectivity index (χ1n) is 11.6. The molecule has 0 aliphatic carbocycles. The van der Waals surface area contributed by atoms with Crippen LogP contribution in [-0.2, 0) is 0 Å². The first-order chi connectivity index (χ1) is 17.6. The summed E-state index contributed by atoms with van der Waals surface area (Å²) >= 11 is 0. The SMILES string of the molecule is COc1cc(N2N=C(c3c(O)cccc3OC)CC2c2cccc3ccccc23)cc(OC)c1OC. The van der Waals surface area contributed by atoms with Crippen LogP contribution in [0.5, 0.6) is 28.7 Å². The van der Waals surface area contributed by atoms with E-state index < -0.39 is 0 Å². The number of nitrogens with zero attached hydrogens (tertiary/aromatic N) is 2. The number of phenols is 1. The van der Waals surface area contributed by atoms with Gasteiger partial charge in [-0.05, 0) is 28.5 Å². The van der Waals surface area contributed by atoms with Gasteiger partial charge in [-0.3, -0.25) is 5.01 Å². The molecule has 0 fully saturated rings. The van der Waals surface area contributed by atoms with Gasteiger partial charge in [0, 0.05) is 18.6 Å². The van der Waals surface area contributed by atoms with Crippen LogP contribution in [0.25, 0.3) is 10.8 Å². The summed E-state index contributed by atoms with van der Waals surface area (Å²) in [5.74, 6) is 2.27. The molecule has 7 heteroatoms. The van der Waals surface area contributed by atoms with Crippen molar-refractivity contribution in [3.05, 3.63) is 83.9 Å². The number of methoxy groups -OCH3 is 4. The summed E-state index contributed by atoms with van der Waals surface area (Å²) in [7, 11) is 6.35. The summed E-state index contributed by atoms with van der Waals surface area (Å²) < 4.78 is 22.3. The lowest BCUT2D eigenvalue weighted by Crippen LogP contribution is -2.19. The Labute approximate surface area is 210 Å². The third-order valence-corrected chi connectivity index (χ3v) is 6.52. The van der Waals surface area contributed by atoms with Gasteiger partial charge < -0.3 is 24.1 Å². The molecule has 4 aromatic carbocycles. The monoisotopic (exact) mass is 484 g/mol. The highest BCUT2D eigenvalue weighted by Crippen LogP contribution is 2.47. The molecule has 36 heavy (non-hydrogen) atoms. The van der Waals surface area contributed by atoms with Gasteiger partial charge in [0.1, 0.15) is 11.5 Å². The van der Waals surface area contributed by atoms with E-state index >= 15 is 0 Å². The van der Waals surface area contributed by atoms with Crippen molar-refractivity contribution in [1.82, 2.24) is 0 Å². The van der Waals surface area contributed by atoms with Crippen LogP contribution in [-0.4, -0.2) is 39.3 Å². The van der Waals surface area contributed by atoms with Crippen LogP contribution >= 0.6 is 0 Å². The average molecular weight is 485 g/mol. The molecule has 1 N–H and O–H groups in total. The Balaban J connectivity index is 1.72. The van der Waals surface area contributed by atoms with Crippen LogP contribution < -0.4 is 24.0 Å². The number of benzene rings is 4. The summed E-state index contributed by atoms with van der Waals surface area (Å²) in [6, 6.07) is 23.4. The van der Waals surface area contributed by atoms with Crippen molar-refractivity contribution in [2.24, 2.45) is 5.10 Å². The predicted octanol–water partition coefficient (Wildman–Crippen LogP) is 5.94. The average Bonchev–Trinajstić information content (AvgIpc) is 3.36. The second kappa shape index (κ2) is 9.70. The number of hydrazone groups is 1. The molecule has 0 saturated heterocycles. The standard InChI is InChI=1S/C29H28N2O5/c1-33-25-14-8-13-24(32)28(25)22-17-23(21-12-7-10-18-9-5-6-11-20(18)21)31(30-22)19-15-26(34-2)29(36-4)27(16-19)35-3/h5-16,23,32H,17H2,1-4H3. The van der Waals surface area contributed by atoms with E-state index in [-0.39, 0.29) is 11.8 Å². The molecule has 5 rings (SSSR count). The number of anilines is 1. The molecule has 1 aliphatic rings. The van der Waals surface area contributed by atoms with E-state index in [1.54, 1.807) is 40.6 Å². The zero-order chi connectivity index (χ0) is 25.2. The van der Waals surface area contributed by atoms with Gasteiger partial charge >= 0.3 is 0 Å². The molecular formula is C29H28N2O5. The molecule has 0 amide bonds. The number of aromatic hydroxyl groups is 1. The third-order valence-electron chi connectivity index (χ3n) is 6.52. The number of fused-ring (bicyclic) bond motifs is 1. The molecule has 7 nitrogen and oxygen atoms in total. The third kappa shape index (κ3) is 3.92. The number of phenolic OH excluding ortho intramolecular Hbond substituents is 1. The molecule has 1 heterocycles. The van der Waals surface area contributed by atoms with Gasteiger partial charge in [-0.15, -0.1) is 0 Å². The van der Waals surface area contributed by atoms with E-state index in [0.29, 0.717) is 35.0 Å². The van der Waals surface area contributed by atoms with Gasteiger partial charge in [-0.25, -0.2) is 0 Å². The Morgan fingerprint density at radius 1 is 0.778 bits per heavy atom. The highest BCUT2D eigenvalue weighted by Gasteiger charge is 2.34. The molecular weight excluding hydrogens is 456 g/mol. The van der Waals surface area contributed by atoms with Gasteiger partial charge in [0.15, 0.2) is 11.5 Å². The van der Waals surface area contributed by atoms with Crippen molar-refractivity contribution >= 4 is 22.2 Å². The molecule has 0 aromatic heterocycles. The second-order valence-corrected chi connectivity index (χ2v) is 8.42. The summed E-state index contributed by atoms with van der Waals surface area (Å²) in [5, 5.41) is 20.0. The second-order valence-electron chi connectivity index (χ2n) is 8.42. The maximum absolute atomic E-state index is 10.8. The Hall–Kier alpha value is -4.39. The molecule has 0 spiro atoms. The fourth-order valence-corrected chi connectivity index (χ4v) is 4.86. The summed E-state index contributed by atoms with van der Waals surface area (Å²) in [6.45, 7) is 0. The minimum absolute atomic E-state index is 0.122. The zero-order valence-corrected chi connectivity index (χ0v) is 20.7. The quantitative estimate of drug-likeness (QED) is 0.350. The number of hydrogen-bond donors (Lipinski definition) is 1. The topological polar surface area (TPSA) is 72.8 Å². The van der Waals surface area contributed by atoms with Gasteiger partial charge in [0.25, 0.3) is 0 Å². The van der Waals surface area contributed by atoms with Crippen LogP contribution in [0.3, 0.4) is 0 Å². The lowest BCUT2D eigenvalue weighted by molar-refractivity contribution is 0.324. The highest BCUT2D eigenvalue weighted by molar-refractivity contribution is 6.08. The lowest BCUT2D eigenvalue weighted by atomic mass is 9.93. The maximum atomic E-state index is 10.8. The van der Waals surface area contributed by atoms with Crippen molar-refractivity contribution in [2.75, 3.05) is 33.4 Å². The largest absolute Gasteiger partial charge is 0.507 e. The predicted molar refractivity (Wildman–Crippen MR) is 141 cm³/mol. The van der Waals surface area contributed by atoms with Gasteiger partial charge in [-0.2, -0.15) is 5.10 Å². The van der Waals surface area contributed by atoms with E-state index in [2.05, 4.69) is 30.3 Å². The number of rotatable bonds is 7. The zero-order valence-electron chi connectivity index (χ0n) is 20.7. The fourth-order valence-electron chi connectivity index (χ4n) is 4.86. The van der Waals surface area contributed by atoms with E-state index in [0.717, 1.165) is 27.7 Å². The molecule has 1 aliphatic heterocycles. The van der Waals surface area contributed by atoms with Crippen LogP contribution in [0.4, 0.5) is 5.69 Å². The number of hydrogen-bond acceptors (Lipinski definition) is 7. The minimum Gasteiger partial charge on any atom is -0.507 e. The van der Waals surface area contributed by atoms with E-state index in [1.165, 1.54) is 0 Å². The van der Waals surface area contributed by atoms with E-state index in [4.69, 9.17) is 24.0 Å². The van der Waals surface area contributed by atoms with Gasteiger partial charge in [0.05, 0.1) is 51.4 Å². The molecule has 184 valence electrons. The summed E-state index contributed by atoms with van der Waals surface area (Å²) in [4.78, 5) is 0. The highest BCUT2D eigenvalue weighted by atomic mass is 16.5. The van der Waals surface area contributed by atoms with Crippen LogP contribution in [0.1, 0.15) is 23.6 Å². The van der Waals surface area contributed by atoms with Crippen molar-refractivity contribution in [3.63, 3.8) is 0 Å². The smallest absolute Gasteiger partial charge is 0.203 e. The first-order valence-corrected chi connectivity index (χ1v) is 11.6. The first kappa shape index (κ1) is 23.4. The van der Waals surface area contributed by atoms with Crippen molar-refractivity contribution in [1.29, 1.82) is 0 Å². The van der Waals surface area contributed by atoms with Crippen molar-refractivity contribution in [3.8, 4) is 28.7 Å². The lowest BCUT2D eigenvalue weighted by Gasteiger charge is -2.26. The Bertz CT molecular complexity index is 1420. The van der Waals surface area contributed by atoms with Crippen LogP contribution in [0, 0.1) is 0 Å².